The summed E-state index contributed by atoms with van der Waals surface area (Å²) in [5, 5.41) is 2.68. The lowest BCUT2D eigenvalue weighted by atomic mass is 9.98. The lowest BCUT2D eigenvalue weighted by Gasteiger charge is -2.23. The highest BCUT2D eigenvalue weighted by Crippen LogP contribution is 2.05. The zero-order valence-corrected chi connectivity index (χ0v) is 10.2. The van der Waals surface area contributed by atoms with Gasteiger partial charge in [0.15, 0.2) is 5.78 Å². The van der Waals surface area contributed by atoms with Gasteiger partial charge in [0.1, 0.15) is 0 Å². The van der Waals surface area contributed by atoms with Gasteiger partial charge >= 0.3 is 0 Å². The molecular weight excluding hydrogens is 192 g/mol. The van der Waals surface area contributed by atoms with Gasteiger partial charge in [-0.25, -0.2) is 0 Å². The van der Waals surface area contributed by atoms with Gasteiger partial charge < -0.3 is 11.1 Å². The quantitative estimate of drug-likeness (QED) is 0.707. The fraction of sp³-hybridized carbons (Fsp3) is 0.818. The summed E-state index contributed by atoms with van der Waals surface area (Å²) < 4.78 is 0. The predicted octanol–water partition coefficient (Wildman–Crippen LogP) is 0.699. The van der Waals surface area contributed by atoms with Crippen molar-refractivity contribution in [2.24, 2.45) is 17.6 Å². The van der Waals surface area contributed by atoms with E-state index in [9.17, 15) is 9.59 Å². The molecule has 0 saturated heterocycles. The molecule has 3 N–H and O–H groups in total. The monoisotopic (exact) mass is 214 g/mol. The maximum atomic E-state index is 11.6. The van der Waals surface area contributed by atoms with Crippen LogP contribution < -0.4 is 11.1 Å². The Morgan fingerprint density at radius 3 is 1.80 bits per heavy atom. The van der Waals surface area contributed by atoms with Crippen LogP contribution in [0.4, 0.5) is 0 Å². The lowest BCUT2D eigenvalue weighted by Crippen LogP contribution is -2.51. The first-order valence-corrected chi connectivity index (χ1v) is 5.33. The number of nitrogens with two attached hydrogens (primary N) is 1. The molecule has 0 aromatic carbocycles. The van der Waals surface area contributed by atoms with Crippen LogP contribution in [0.5, 0.6) is 0 Å². The van der Waals surface area contributed by atoms with Gasteiger partial charge in [-0.1, -0.05) is 27.7 Å². The van der Waals surface area contributed by atoms with E-state index in [0.717, 1.165) is 0 Å². The van der Waals surface area contributed by atoms with Gasteiger partial charge in [-0.3, -0.25) is 9.59 Å². The number of Topliss-reactive ketones (excluding diaryl/α,β-unsaturated/α-hetero) is 1. The zero-order valence-electron chi connectivity index (χ0n) is 10.2. The van der Waals surface area contributed by atoms with Gasteiger partial charge in [-0.2, -0.15) is 0 Å². The maximum absolute atomic E-state index is 11.6. The van der Waals surface area contributed by atoms with Crippen LogP contribution in [-0.4, -0.2) is 23.8 Å². The molecule has 1 unspecified atom stereocenters. The first-order valence-electron chi connectivity index (χ1n) is 5.33. The van der Waals surface area contributed by atoms with Crippen molar-refractivity contribution in [2.75, 3.05) is 0 Å². The van der Waals surface area contributed by atoms with E-state index in [1.54, 1.807) is 0 Å². The number of nitrogens with one attached hydrogen (secondary N) is 1. The zero-order chi connectivity index (χ0) is 12.2. The maximum Gasteiger partial charge on any atom is 0.237 e. The van der Waals surface area contributed by atoms with Crippen LogP contribution in [0.25, 0.3) is 0 Å². The minimum atomic E-state index is -0.550. The second-order valence-electron chi connectivity index (χ2n) is 4.61. The molecule has 15 heavy (non-hydrogen) atoms. The van der Waals surface area contributed by atoms with Gasteiger partial charge in [-0.05, 0) is 18.8 Å². The highest BCUT2D eigenvalue weighted by molar-refractivity contribution is 5.89. The largest absolute Gasteiger partial charge is 0.345 e. The van der Waals surface area contributed by atoms with Crippen molar-refractivity contribution in [3.63, 3.8) is 0 Å². The highest BCUT2D eigenvalue weighted by atomic mass is 16.2. The van der Waals surface area contributed by atoms with Crippen LogP contribution in [0, 0.1) is 11.8 Å². The van der Waals surface area contributed by atoms with E-state index >= 15 is 0 Å². The smallest absolute Gasteiger partial charge is 0.237 e. The van der Waals surface area contributed by atoms with Crippen molar-refractivity contribution in [1.82, 2.24) is 5.32 Å². The van der Waals surface area contributed by atoms with Gasteiger partial charge in [-0.15, -0.1) is 0 Å². The molecule has 4 heteroatoms. The molecule has 1 amide bonds. The van der Waals surface area contributed by atoms with Crippen LogP contribution in [0.15, 0.2) is 0 Å². The number of carbonyl (C=O) groups excluding carboxylic acids is 2. The van der Waals surface area contributed by atoms with E-state index in [0.29, 0.717) is 0 Å². The Balaban J connectivity index is 4.43. The SMILES string of the molecule is CC(=O)[C@@H](NC(=O)C(N)C(C)C)C(C)C. The second-order valence-corrected chi connectivity index (χ2v) is 4.61. The molecule has 0 aliphatic rings. The van der Waals surface area contributed by atoms with Crippen molar-refractivity contribution in [3.05, 3.63) is 0 Å². The van der Waals surface area contributed by atoms with Crippen LogP contribution in [0.2, 0.25) is 0 Å². The molecule has 0 aromatic rings. The molecule has 0 radical (unpaired) electrons. The first kappa shape index (κ1) is 14.1. The summed E-state index contributed by atoms with van der Waals surface area (Å²) in [5.74, 6) is -0.121. The summed E-state index contributed by atoms with van der Waals surface area (Å²) in [6.45, 7) is 9.02. The molecule has 88 valence electrons. The van der Waals surface area contributed by atoms with E-state index in [1.165, 1.54) is 6.92 Å². The fourth-order valence-corrected chi connectivity index (χ4v) is 1.29. The number of hydrogen-bond donors (Lipinski definition) is 2. The summed E-state index contributed by atoms with van der Waals surface area (Å²) >= 11 is 0. The molecule has 0 aliphatic heterocycles. The molecular formula is C11H22N2O2. The third-order valence-corrected chi connectivity index (χ3v) is 2.42. The van der Waals surface area contributed by atoms with Gasteiger partial charge in [0, 0.05) is 0 Å². The Kier molecular flexibility index (Phi) is 5.50. The number of amides is 1. The molecule has 0 aliphatic carbocycles. The van der Waals surface area contributed by atoms with E-state index in [1.807, 2.05) is 27.7 Å². The Morgan fingerprint density at radius 2 is 1.53 bits per heavy atom. The number of rotatable bonds is 5. The summed E-state index contributed by atoms with van der Waals surface area (Å²) in [5.41, 5.74) is 5.69. The minimum Gasteiger partial charge on any atom is -0.345 e. The van der Waals surface area contributed by atoms with Crippen molar-refractivity contribution in [2.45, 2.75) is 46.7 Å². The molecule has 4 nitrogen and oxygen atoms in total. The first-order chi connectivity index (χ1) is 6.77. The Bertz CT molecular complexity index is 237. The molecule has 0 aromatic heterocycles. The summed E-state index contributed by atoms with van der Waals surface area (Å²) in [6.07, 6.45) is 0. The number of carbonyl (C=O) groups is 2. The van der Waals surface area contributed by atoms with Crippen molar-refractivity contribution < 1.29 is 9.59 Å². The van der Waals surface area contributed by atoms with Crippen LogP contribution in [0.1, 0.15) is 34.6 Å². The fourth-order valence-electron chi connectivity index (χ4n) is 1.29. The van der Waals surface area contributed by atoms with E-state index in [-0.39, 0.29) is 23.5 Å². The normalized spacial score (nSPS) is 15.2. The summed E-state index contributed by atoms with van der Waals surface area (Å²) in [6, 6.07) is -0.979. The molecule has 0 bridgehead atoms. The van der Waals surface area contributed by atoms with Crippen LogP contribution in [-0.2, 0) is 9.59 Å². The summed E-state index contributed by atoms with van der Waals surface area (Å²) in [7, 11) is 0. The van der Waals surface area contributed by atoms with Crippen LogP contribution >= 0.6 is 0 Å². The predicted molar refractivity (Wildman–Crippen MR) is 60.3 cm³/mol. The average Bonchev–Trinajstić information content (AvgIpc) is 2.11. The van der Waals surface area contributed by atoms with E-state index in [2.05, 4.69) is 5.32 Å². The van der Waals surface area contributed by atoms with Crippen molar-refractivity contribution in [3.8, 4) is 0 Å². The van der Waals surface area contributed by atoms with Crippen molar-refractivity contribution in [1.29, 1.82) is 0 Å². The van der Waals surface area contributed by atoms with Gasteiger partial charge in [0.2, 0.25) is 5.91 Å². The number of ketones is 1. The van der Waals surface area contributed by atoms with E-state index < -0.39 is 12.1 Å². The third-order valence-electron chi connectivity index (χ3n) is 2.42. The number of hydrogen-bond acceptors (Lipinski definition) is 3. The molecule has 0 spiro atoms. The van der Waals surface area contributed by atoms with Crippen molar-refractivity contribution >= 4 is 11.7 Å². The molecule has 0 rings (SSSR count). The Labute approximate surface area is 91.6 Å². The molecule has 0 heterocycles. The van der Waals surface area contributed by atoms with Gasteiger partial charge in [0.05, 0.1) is 12.1 Å². The molecule has 0 saturated carbocycles. The Morgan fingerprint density at radius 1 is 1.07 bits per heavy atom. The minimum absolute atomic E-state index is 0.0330. The topological polar surface area (TPSA) is 72.2 Å². The summed E-state index contributed by atoms with van der Waals surface area (Å²) in [4.78, 5) is 22.9. The van der Waals surface area contributed by atoms with Crippen LogP contribution in [0.3, 0.4) is 0 Å². The molecule has 0 fully saturated rings. The lowest BCUT2D eigenvalue weighted by molar-refractivity contribution is -0.129. The third kappa shape index (κ3) is 4.42. The van der Waals surface area contributed by atoms with E-state index in [4.69, 9.17) is 5.73 Å². The van der Waals surface area contributed by atoms with Gasteiger partial charge in [0.25, 0.3) is 0 Å². The Hall–Kier alpha value is -0.900. The average molecular weight is 214 g/mol. The second kappa shape index (κ2) is 5.85. The molecule has 2 atom stereocenters. The standard InChI is InChI=1S/C11H22N2O2/c1-6(2)9(12)11(15)13-10(7(3)4)8(5)14/h6-7,9-10H,12H2,1-5H3,(H,13,15)/t9?,10-/m0/s1. The highest BCUT2D eigenvalue weighted by Gasteiger charge is 2.24.